The fraction of sp³-hybridized carbons (Fsp3) is 0.250. The Morgan fingerprint density at radius 2 is 2.24 bits per heavy atom. The van der Waals surface area contributed by atoms with E-state index in [0.717, 1.165) is 28.8 Å². The summed E-state index contributed by atoms with van der Waals surface area (Å²) in [5.74, 6) is 2.17. The Morgan fingerprint density at radius 3 is 2.82 bits per heavy atom. The van der Waals surface area contributed by atoms with Crippen molar-refractivity contribution in [1.29, 1.82) is 0 Å². The van der Waals surface area contributed by atoms with Gasteiger partial charge in [0.25, 0.3) is 0 Å². The van der Waals surface area contributed by atoms with Crippen LogP contribution in [0.4, 0.5) is 11.6 Å². The van der Waals surface area contributed by atoms with Crippen LogP contribution in [0.15, 0.2) is 24.3 Å². The van der Waals surface area contributed by atoms with Crippen molar-refractivity contribution in [3.05, 3.63) is 40.7 Å². The quantitative estimate of drug-likeness (QED) is 0.880. The lowest BCUT2D eigenvalue weighted by Gasteiger charge is -2.17. The van der Waals surface area contributed by atoms with Crippen molar-refractivity contribution < 1.29 is 0 Å². The largest absolute Gasteiger partial charge is 0.382 e. The van der Waals surface area contributed by atoms with E-state index in [-0.39, 0.29) is 0 Å². The number of imidazole rings is 1. The van der Waals surface area contributed by atoms with Crippen molar-refractivity contribution in [1.82, 2.24) is 9.97 Å². The summed E-state index contributed by atoms with van der Waals surface area (Å²) < 4.78 is 0. The van der Waals surface area contributed by atoms with E-state index >= 15 is 0 Å². The van der Waals surface area contributed by atoms with Gasteiger partial charge < -0.3 is 15.6 Å². The predicted molar refractivity (Wildman–Crippen MR) is 71.3 cm³/mol. The molecule has 0 amide bonds. The van der Waals surface area contributed by atoms with Crippen LogP contribution in [0.25, 0.3) is 0 Å². The van der Waals surface area contributed by atoms with E-state index in [0.29, 0.717) is 5.82 Å². The number of hydrogen-bond acceptors (Lipinski definition) is 3. The molecule has 1 aromatic heterocycles. The maximum absolute atomic E-state index is 5.94. The smallest absolute Gasteiger partial charge is 0.171 e. The van der Waals surface area contributed by atoms with Crippen LogP contribution < -0.4 is 10.6 Å². The summed E-state index contributed by atoms with van der Waals surface area (Å²) in [4.78, 5) is 9.32. The standard InChI is InChI=1S/C12H15ClN4/c1-8-15-11(14)12(16-8)17(2)7-9-4-3-5-10(13)6-9/h3-6H,7,14H2,1-2H3,(H,15,16). The van der Waals surface area contributed by atoms with Crippen LogP contribution in [0.5, 0.6) is 0 Å². The zero-order valence-electron chi connectivity index (χ0n) is 9.87. The minimum absolute atomic E-state index is 0.590. The van der Waals surface area contributed by atoms with Gasteiger partial charge in [0.2, 0.25) is 0 Å². The van der Waals surface area contributed by atoms with Gasteiger partial charge in [0.15, 0.2) is 5.82 Å². The molecule has 2 rings (SSSR count). The number of H-pyrrole nitrogens is 1. The Hall–Kier alpha value is -1.68. The molecule has 17 heavy (non-hydrogen) atoms. The molecule has 0 fully saturated rings. The van der Waals surface area contributed by atoms with Gasteiger partial charge in [-0.1, -0.05) is 23.7 Å². The van der Waals surface area contributed by atoms with Gasteiger partial charge in [-0.3, -0.25) is 0 Å². The number of nitrogens with two attached hydrogens (primary N) is 1. The van der Waals surface area contributed by atoms with Crippen LogP contribution in [-0.2, 0) is 6.54 Å². The molecule has 0 saturated heterocycles. The van der Waals surface area contributed by atoms with E-state index in [1.807, 2.05) is 43.1 Å². The molecule has 0 aliphatic rings. The second-order valence-electron chi connectivity index (χ2n) is 4.05. The lowest BCUT2D eigenvalue weighted by atomic mass is 10.2. The number of aryl methyl sites for hydroxylation is 1. The first-order valence-corrected chi connectivity index (χ1v) is 5.71. The molecule has 2 aromatic rings. The molecule has 1 heterocycles. The van der Waals surface area contributed by atoms with E-state index in [4.69, 9.17) is 17.3 Å². The molecule has 0 bridgehead atoms. The summed E-state index contributed by atoms with van der Waals surface area (Å²) in [6.07, 6.45) is 0. The molecule has 90 valence electrons. The van der Waals surface area contributed by atoms with Crippen LogP contribution >= 0.6 is 11.6 Å². The third kappa shape index (κ3) is 2.71. The topological polar surface area (TPSA) is 57.9 Å². The van der Waals surface area contributed by atoms with Crippen LogP contribution in [-0.4, -0.2) is 17.0 Å². The number of benzene rings is 1. The lowest BCUT2D eigenvalue weighted by Crippen LogP contribution is -2.18. The third-order valence-electron chi connectivity index (χ3n) is 2.50. The zero-order chi connectivity index (χ0) is 12.4. The molecular weight excluding hydrogens is 236 g/mol. The Bertz CT molecular complexity index is 521. The van der Waals surface area contributed by atoms with Gasteiger partial charge in [-0.2, -0.15) is 0 Å². The van der Waals surface area contributed by atoms with Crippen LogP contribution in [0.1, 0.15) is 11.4 Å². The summed E-state index contributed by atoms with van der Waals surface area (Å²) in [6.45, 7) is 2.60. The van der Waals surface area contributed by atoms with Gasteiger partial charge in [0, 0.05) is 18.6 Å². The van der Waals surface area contributed by atoms with Gasteiger partial charge in [-0.25, -0.2) is 4.98 Å². The second kappa shape index (κ2) is 4.67. The molecule has 3 N–H and O–H groups in total. The minimum Gasteiger partial charge on any atom is -0.382 e. The molecule has 0 aliphatic carbocycles. The third-order valence-corrected chi connectivity index (χ3v) is 2.74. The fourth-order valence-electron chi connectivity index (χ4n) is 1.77. The van der Waals surface area contributed by atoms with Gasteiger partial charge in [-0.05, 0) is 24.6 Å². The Kier molecular flexibility index (Phi) is 3.24. The van der Waals surface area contributed by atoms with Gasteiger partial charge >= 0.3 is 0 Å². The number of nitrogens with zero attached hydrogens (tertiary/aromatic N) is 2. The highest BCUT2D eigenvalue weighted by Gasteiger charge is 2.10. The number of rotatable bonds is 3. The number of nitrogen functional groups attached to an aromatic ring is 1. The van der Waals surface area contributed by atoms with E-state index in [1.54, 1.807) is 0 Å². The number of hydrogen-bond donors (Lipinski definition) is 2. The molecule has 0 unspecified atom stereocenters. The molecule has 0 atom stereocenters. The van der Waals surface area contributed by atoms with Crippen molar-refractivity contribution >= 4 is 23.2 Å². The Balaban J connectivity index is 2.16. The molecule has 1 aromatic carbocycles. The van der Waals surface area contributed by atoms with Crippen LogP contribution in [0, 0.1) is 6.92 Å². The van der Waals surface area contributed by atoms with E-state index in [2.05, 4.69) is 9.97 Å². The molecule has 0 radical (unpaired) electrons. The molecule has 4 nitrogen and oxygen atoms in total. The highest BCUT2D eigenvalue weighted by Crippen LogP contribution is 2.21. The fourth-order valence-corrected chi connectivity index (χ4v) is 1.99. The summed E-state index contributed by atoms with van der Waals surface area (Å²) in [5, 5.41) is 0.738. The number of halogens is 1. The highest BCUT2D eigenvalue weighted by atomic mass is 35.5. The average molecular weight is 251 g/mol. The van der Waals surface area contributed by atoms with Crippen LogP contribution in [0.3, 0.4) is 0 Å². The second-order valence-corrected chi connectivity index (χ2v) is 4.48. The number of nitrogens with one attached hydrogen (secondary N) is 1. The maximum Gasteiger partial charge on any atom is 0.171 e. The van der Waals surface area contributed by atoms with Crippen molar-refractivity contribution in [2.45, 2.75) is 13.5 Å². The average Bonchev–Trinajstić information content (AvgIpc) is 2.58. The first-order valence-electron chi connectivity index (χ1n) is 5.34. The Morgan fingerprint density at radius 1 is 1.47 bits per heavy atom. The van der Waals surface area contributed by atoms with E-state index < -0.39 is 0 Å². The normalized spacial score (nSPS) is 10.5. The predicted octanol–water partition coefficient (Wildman–Crippen LogP) is 2.59. The maximum atomic E-state index is 5.94. The van der Waals surface area contributed by atoms with Crippen LogP contribution in [0.2, 0.25) is 5.02 Å². The van der Waals surface area contributed by atoms with Crippen molar-refractivity contribution in [2.24, 2.45) is 0 Å². The summed E-state index contributed by atoms with van der Waals surface area (Å²) >= 11 is 5.94. The Labute approximate surface area is 105 Å². The van der Waals surface area contributed by atoms with E-state index in [9.17, 15) is 0 Å². The van der Waals surface area contributed by atoms with Gasteiger partial charge in [-0.15, -0.1) is 0 Å². The van der Waals surface area contributed by atoms with Gasteiger partial charge in [0.1, 0.15) is 11.6 Å². The molecule has 5 heteroatoms. The zero-order valence-corrected chi connectivity index (χ0v) is 10.6. The molecule has 0 spiro atoms. The first-order chi connectivity index (χ1) is 8.06. The molecule has 0 aliphatic heterocycles. The number of aromatic nitrogens is 2. The number of aromatic amines is 1. The summed E-state index contributed by atoms with van der Waals surface area (Å²) in [6, 6.07) is 7.76. The van der Waals surface area contributed by atoms with E-state index in [1.165, 1.54) is 0 Å². The summed E-state index contributed by atoms with van der Waals surface area (Å²) in [5.41, 5.74) is 6.97. The first kappa shape index (κ1) is 11.8. The highest BCUT2D eigenvalue weighted by molar-refractivity contribution is 6.30. The lowest BCUT2D eigenvalue weighted by molar-refractivity contribution is 0.903. The molecular formula is C12H15ClN4. The summed E-state index contributed by atoms with van der Waals surface area (Å²) in [7, 11) is 1.95. The van der Waals surface area contributed by atoms with Crippen molar-refractivity contribution in [3.63, 3.8) is 0 Å². The minimum atomic E-state index is 0.590. The van der Waals surface area contributed by atoms with Crippen molar-refractivity contribution in [2.75, 3.05) is 17.7 Å². The number of anilines is 2. The molecule has 0 saturated carbocycles. The SMILES string of the molecule is Cc1nc(N(C)Cc2cccc(Cl)c2)c(N)[nH]1. The van der Waals surface area contributed by atoms with Crippen molar-refractivity contribution in [3.8, 4) is 0 Å². The monoisotopic (exact) mass is 250 g/mol. The van der Waals surface area contributed by atoms with Gasteiger partial charge in [0.05, 0.1) is 0 Å².